The Hall–Kier alpha value is -1.53. The first-order chi connectivity index (χ1) is 9.46. The Morgan fingerprint density at radius 3 is 2.85 bits per heavy atom. The molecule has 108 valence electrons. The second-order valence-corrected chi connectivity index (χ2v) is 5.45. The maximum absolute atomic E-state index is 13.1. The highest BCUT2D eigenvalue weighted by Crippen LogP contribution is 2.32. The maximum Gasteiger partial charge on any atom is 0.262 e. The van der Waals surface area contributed by atoms with Crippen molar-refractivity contribution in [2.45, 2.75) is 37.0 Å². The predicted octanol–water partition coefficient (Wildman–Crippen LogP) is 0.758. The van der Waals surface area contributed by atoms with E-state index in [2.05, 4.69) is 10.6 Å². The fraction of sp³-hybridized carbons (Fsp3) is 0.500. The summed E-state index contributed by atoms with van der Waals surface area (Å²) in [5, 5.41) is 15.2. The third-order valence-corrected chi connectivity index (χ3v) is 3.93. The van der Waals surface area contributed by atoms with E-state index >= 15 is 0 Å². The lowest BCUT2D eigenvalue weighted by molar-refractivity contribution is -0.125. The van der Waals surface area contributed by atoms with Crippen LogP contribution in [0.25, 0.3) is 0 Å². The van der Waals surface area contributed by atoms with E-state index in [-0.39, 0.29) is 0 Å². The number of nitrogens with one attached hydrogen (secondary N) is 2. The van der Waals surface area contributed by atoms with E-state index in [1.807, 2.05) is 24.3 Å². The number of aliphatic hydroxyl groups is 1. The summed E-state index contributed by atoms with van der Waals surface area (Å²) in [6, 6.07) is 6.02. The molecule has 0 spiro atoms. The minimum absolute atomic E-state index is 0.468. The van der Waals surface area contributed by atoms with Gasteiger partial charge in [-0.2, -0.15) is 0 Å². The topological polar surface area (TPSA) is 61.4 Å². The van der Waals surface area contributed by atoms with Gasteiger partial charge in [0.25, 0.3) is 5.92 Å². The van der Waals surface area contributed by atoms with Gasteiger partial charge in [-0.15, -0.1) is 0 Å². The first-order valence-electron chi connectivity index (χ1n) is 6.64. The van der Waals surface area contributed by atoms with Gasteiger partial charge in [-0.1, -0.05) is 24.3 Å². The quantitative estimate of drug-likeness (QED) is 0.750. The highest BCUT2D eigenvalue weighted by molar-refractivity contribution is 5.83. The Labute approximate surface area is 115 Å². The van der Waals surface area contributed by atoms with Crippen LogP contribution < -0.4 is 10.6 Å². The van der Waals surface area contributed by atoms with E-state index in [4.69, 9.17) is 0 Å². The monoisotopic (exact) mass is 282 g/mol. The summed E-state index contributed by atoms with van der Waals surface area (Å²) < 4.78 is 26.2. The first-order valence-corrected chi connectivity index (χ1v) is 6.64. The summed E-state index contributed by atoms with van der Waals surface area (Å²) >= 11 is 0. The minimum Gasteiger partial charge on any atom is -0.390 e. The number of hydrogen-bond acceptors (Lipinski definition) is 3. The molecule has 1 aliphatic heterocycles. The molecule has 2 aliphatic rings. The van der Waals surface area contributed by atoms with Crippen molar-refractivity contribution in [2.75, 3.05) is 6.54 Å². The molecule has 1 aromatic rings. The van der Waals surface area contributed by atoms with Crippen molar-refractivity contribution in [1.29, 1.82) is 0 Å². The number of carbonyl (C=O) groups excluding carboxylic acids is 1. The summed E-state index contributed by atoms with van der Waals surface area (Å²) in [4.78, 5) is 12.0. The molecule has 1 heterocycles. The van der Waals surface area contributed by atoms with Crippen molar-refractivity contribution in [2.24, 2.45) is 0 Å². The molecule has 1 aromatic carbocycles. The zero-order valence-corrected chi connectivity index (χ0v) is 10.8. The number of hydrogen-bond donors (Lipinski definition) is 3. The molecular weight excluding hydrogens is 266 g/mol. The molecule has 3 rings (SSSR count). The number of halogens is 2. The molecule has 20 heavy (non-hydrogen) atoms. The Kier molecular flexibility index (Phi) is 3.22. The van der Waals surface area contributed by atoms with Gasteiger partial charge in [0, 0.05) is 12.8 Å². The Balaban J connectivity index is 1.71. The molecule has 0 bridgehead atoms. The van der Waals surface area contributed by atoms with Gasteiger partial charge >= 0.3 is 0 Å². The van der Waals surface area contributed by atoms with Crippen molar-refractivity contribution >= 4 is 5.91 Å². The van der Waals surface area contributed by atoms with E-state index in [9.17, 15) is 18.7 Å². The fourth-order valence-electron chi connectivity index (χ4n) is 2.90. The van der Waals surface area contributed by atoms with E-state index in [0.29, 0.717) is 6.42 Å². The predicted molar refractivity (Wildman–Crippen MR) is 68.4 cm³/mol. The number of fused-ring (bicyclic) bond motifs is 1. The summed E-state index contributed by atoms with van der Waals surface area (Å²) in [5.74, 6) is -3.32. The van der Waals surface area contributed by atoms with Crippen molar-refractivity contribution in [3.63, 3.8) is 0 Å². The summed E-state index contributed by atoms with van der Waals surface area (Å²) in [5.41, 5.74) is 1.84. The molecule has 1 amide bonds. The van der Waals surface area contributed by atoms with Gasteiger partial charge in [-0.25, -0.2) is 8.78 Å². The van der Waals surface area contributed by atoms with Gasteiger partial charge < -0.3 is 10.4 Å². The molecule has 0 saturated carbocycles. The average molecular weight is 282 g/mol. The van der Waals surface area contributed by atoms with Crippen LogP contribution in [0.3, 0.4) is 0 Å². The smallest absolute Gasteiger partial charge is 0.262 e. The number of aliphatic hydroxyl groups excluding tert-OH is 1. The molecule has 4 nitrogen and oxygen atoms in total. The molecular formula is C14H16F2N2O2. The Morgan fingerprint density at radius 1 is 1.40 bits per heavy atom. The minimum atomic E-state index is -2.84. The Morgan fingerprint density at radius 2 is 2.15 bits per heavy atom. The average Bonchev–Trinajstić information content (AvgIpc) is 2.91. The second kappa shape index (κ2) is 4.79. The van der Waals surface area contributed by atoms with Crippen LogP contribution in [-0.4, -0.2) is 35.6 Å². The van der Waals surface area contributed by atoms with Crippen LogP contribution in [0.15, 0.2) is 24.3 Å². The van der Waals surface area contributed by atoms with Gasteiger partial charge in [-0.05, 0) is 11.1 Å². The third-order valence-electron chi connectivity index (χ3n) is 3.93. The third kappa shape index (κ3) is 2.41. The highest BCUT2D eigenvalue weighted by atomic mass is 19.3. The zero-order valence-electron chi connectivity index (χ0n) is 10.8. The zero-order chi connectivity index (χ0) is 14.3. The van der Waals surface area contributed by atoms with Crippen LogP contribution in [0, 0.1) is 0 Å². The molecule has 3 N–H and O–H groups in total. The fourth-order valence-corrected chi connectivity index (χ4v) is 2.90. The van der Waals surface area contributed by atoms with Crippen LogP contribution in [0.1, 0.15) is 23.6 Å². The lowest BCUT2D eigenvalue weighted by Gasteiger charge is -2.20. The Bertz CT molecular complexity index is 536. The van der Waals surface area contributed by atoms with Gasteiger partial charge in [-0.3, -0.25) is 10.1 Å². The van der Waals surface area contributed by atoms with Crippen molar-refractivity contribution in [1.82, 2.24) is 10.6 Å². The number of amides is 1. The van der Waals surface area contributed by atoms with Crippen LogP contribution in [0.2, 0.25) is 0 Å². The SMILES string of the molecule is O=C(N[C@H]1c2ccccc2C[C@H]1O)C1CC(F)(F)CN1. The van der Waals surface area contributed by atoms with Crippen molar-refractivity contribution < 1.29 is 18.7 Å². The van der Waals surface area contributed by atoms with E-state index in [1.165, 1.54) is 0 Å². The van der Waals surface area contributed by atoms with Gasteiger partial charge in [0.2, 0.25) is 5.91 Å². The number of benzene rings is 1. The first kappa shape index (κ1) is 13.5. The molecule has 1 fully saturated rings. The number of rotatable bonds is 2. The van der Waals surface area contributed by atoms with Crippen LogP contribution in [0.5, 0.6) is 0 Å². The van der Waals surface area contributed by atoms with Crippen molar-refractivity contribution in [3.05, 3.63) is 35.4 Å². The van der Waals surface area contributed by atoms with E-state index in [0.717, 1.165) is 11.1 Å². The lowest BCUT2D eigenvalue weighted by Crippen LogP contribution is -2.44. The second-order valence-electron chi connectivity index (χ2n) is 5.45. The summed E-state index contributed by atoms with van der Waals surface area (Å²) in [6.45, 7) is -0.477. The molecule has 1 unspecified atom stereocenters. The van der Waals surface area contributed by atoms with E-state index < -0.39 is 43.0 Å². The lowest BCUT2D eigenvalue weighted by atomic mass is 10.1. The molecule has 3 atom stereocenters. The molecule has 1 aliphatic carbocycles. The molecule has 0 aromatic heterocycles. The number of alkyl halides is 2. The van der Waals surface area contributed by atoms with Gasteiger partial charge in [0.15, 0.2) is 0 Å². The normalized spacial score (nSPS) is 31.1. The number of carbonyl (C=O) groups is 1. The summed E-state index contributed by atoms with van der Waals surface area (Å²) in [6.07, 6.45) is -0.739. The van der Waals surface area contributed by atoms with Crippen LogP contribution in [0.4, 0.5) is 8.78 Å². The maximum atomic E-state index is 13.1. The van der Waals surface area contributed by atoms with Crippen LogP contribution in [-0.2, 0) is 11.2 Å². The molecule has 6 heteroatoms. The van der Waals surface area contributed by atoms with Gasteiger partial charge in [0.1, 0.15) is 0 Å². The largest absolute Gasteiger partial charge is 0.390 e. The molecule has 0 radical (unpaired) electrons. The van der Waals surface area contributed by atoms with Gasteiger partial charge in [0.05, 0.1) is 24.7 Å². The molecule has 1 saturated heterocycles. The van der Waals surface area contributed by atoms with Crippen LogP contribution >= 0.6 is 0 Å². The standard InChI is InChI=1S/C14H16F2N2O2/c15-14(16)6-10(17-7-14)13(20)18-12-9-4-2-1-3-8(9)5-11(12)19/h1-4,10-12,17,19H,5-7H2,(H,18,20)/t10?,11-,12+/m1/s1. The van der Waals surface area contributed by atoms with E-state index in [1.54, 1.807) is 0 Å². The van der Waals surface area contributed by atoms with Crippen molar-refractivity contribution in [3.8, 4) is 0 Å². The summed E-state index contributed by atoms with van der Waals surface area (Å²) in [7, 11) is 0. The highest BCUT2D eigenvalue weighted by Gasteiger charge is 2.43.